The van der Waals surface area contributed by atoms with Gasteiger partial charge in [-0.2, -0.15) is 5.26 Å². The second kappa shape index (κ2) is 9.91. The highest BCUT2D eigenvalue weighted by molar-refractivity contribution is 7.89. The molecule has 1 aromatic carbocycles. The Morgan fingerprint density at radius 1 is 1.33 bits per heavy atom. The smallest absolute Gasteiger partial charge is 0.340 e. The van der Waals surface area contributed by atoms with E-state index in [1.165, 1.54) is 11.8 Å². The third-order valence-electron chi connectivity index (χ3n) is 4.90. The fourth-order valence-corrected chi connectivity index (χ4v) is 4.47. The third-order valence-corrected chi connectivity index (χ3v) is 6.13. The van der Waals surface area contributed by atoms with Crippen molar-refractivity contribution in [3.63, 3.8) is 0 Å². The predicted molar refractivity (Wildman–Crippen MR) is 113 cm³/mol. The molecule has 9 nitrogen and oxygen atoms in total. The van der Waals surface area contributed by atoms with Gasteiger partial charge in [0.1, 0.15) is 23.6 Å². The van der Waals surface area contributed by atoms with E-state index in [2.05, 4.69) is 4.98 Å². The number of carbonyl (C=O) groups excluding carboxylic acids is 2. The Labute approximate surface area is 189 Å². The van der Waals surface area contributed by atoms with Gasteiger partial charge in [0.25, 0.3) is 12.3 Å². The Morgan fingerprint density at radius 2 is 2.03 bits per heavy atom. The Balaban J connectivity index is 1.85. The maximum absolute atomic E-state index is 13.6. The molecule has 0 radical (unpaired) electrons. The van der Waals surface area contributed by atoms with Crippen LogP contribution >= 0.6 is 0 Å². The van der Waals surface area contributed by atoms with E-state index < -0.39 is 51.4 Å². The summed E-state index contributed by atoms with van der Waals surface area (Å²) in [6.07, 6.45) is -2.92. The molecule has 1 fully saturated rings. The number of nitriles is 1. The van der Waals surface area contributed by atoms with Crippen molar-refractivity contribution in [3.8, 4) is 6.07 Å². The maximum Gasteiger partial charge on any atom is 0.340 e. The average molecular weight is 478 g/mol. The van der Waals surface area contributed by atoms with E-state index in [9.17, 15) is 32.0 Å². The van der Waals surface area contributed by atoms with Gasteiger partial charge in [0, 0.05) is 6.54 Å². The number of amides is 1. The molecule has 0 spiro atoms. The van der Waals surface area contributed by atoms with Crippen molar-refractivity contribution in [2.24, 2.45) is 0 Å². The van der Waals surface area contributed by atoms with E-state index >= 15 is 0 Å². The van der Waals surface area contributed by atoms with Crippen LogP contribution in [-0.2, 0) is 25.3 Å². The first-order valence-corrected chi connectivity index (χ1v) is 11.6. The first kappa shape index (κ1) is 24.1. The van der Waals surface area contributed by atoms with Crippen molar-refractivity contribution in [2.45, 2.75) is 31.6 Å². The van der Waals surface area contributed by atoms with Crippen LogP contribution in [0, 0.1) is 11.3 Å². The van der Waals surface area contributed by atoms with Crippen LogP contribution in [-0.4, -0.2) is 44.5 Å². The van der Waals surface area contributed by atoms with E-state index in [1.54, 1.807) is 36.4 Å². The quantitative estimate of drug-likeness (QED) is 0.572. The topological polar surface area (TPSA) is 129 Å². The largest absolute Gasteiger partial charge is 0.462 e. The first-order valence-electron chi connectivity index (χ1n) is 9.92. The van der Waals surface area contributed by atoms with E-state index in [0.29, 0.717) is 5.56 Å². The molecule has 1 aliphatic rings. The number of ether oxygens (including phenoxy) is 1. The van der Waals surface area contributed by atoms with E-state index in [4.69, 9.17) is 4.74 Å². The Hall–Kier alpha value is -3.59. The van der Waals surface area contributed by atoms with Crippen LogP contribution in [0.15, 0.2) is 36.4 Å². The molecule has 0 bridgehead atoms. The molecule has 1 N–H and O–H groups in total. The number of nitrogens with one attached hydrogen (secondary N) is 1. The highest BCUT2D eigenvalue weighted by Gasteiger charge is 2.39. The van der Waals surface area contributed by atoms with E-state index in [1.807, 2.05) is 4.72 Å². The molecule has 12 heteroatoms. The number of hydrogen-bond donors (Lipinski definition) is 1. The minimum Gasteiger partial charge on any atom is -0.462 e. The Bertz CT molecular complexity index is 1200. The van der Waals surface area contributed by atoms with Crippen molar-refractivity contribution >= 4 is 27.7 Å². The summed E-state index contributed by atoms with van der Waals surface area (Å²) in [5, 5.41) is 9.48. The van der Waals surface area contributed by atoms with Crippen LogP contribution in [0.25, 0.3) is 0 Å². The number of esters is 1. The number of nitrogens with zero attached hydrogens (tertiary/aromatic N) is 3. The molecule has 1 saturated heterocycles. The summed E-state index contributed by atoms with van der Waals surface area (Å²) in [6, 6.07) is 9.94. The number of carbonyl (C=O) groups is 2. The lowest BCUT2D eigenvalue weighted by molar-refractivity contribution is -0.121. The summed E-state index contributed by atoms with van der Waals surface area (Å²) in [4.78, 5) is 29.7. The number of anilines is 1. The van der Waals surface area contributed by atoms with Crippen molar-refractivity contribution in [3.05, 3.63) is 58.8 Å². The molecule has 1 aromatic heterocycles. The van der Waals surface area contributed by atoms with E-state index in [-0.39, 0.29) is 31.0 Å². The summed E-state index contributed by atoms with van der Waals surface area (Å²) < 4.78 is 58.7. The molecule has 1 unspecified atom stereocenters. The van der Waals surface area contributed by atoms with Gasteiger partial charge in [-0.1, -0.05) is 30.3 Å². The number of aromatic nitrogens is 1. The van der Waals surface area contributed by atoms with Crippen molar-refractivity contribution in [1.29, 1.82) is 5.26 Å². The van der Waals surface area contributed by atoms with E-state index in [0.717, 1.165) is 6.07 Å². The zero-order chi connectivity index (χ0) is 24.2. The van der Waals surface area contributed by atoms with Gasteiger partial charge in [-0.3, -0.25) is 9.52 Å². The molecule has 174 valence electrons. The molecule has 3 rings (SSSR count). The molecular formula is C21H20F2N4O5S. The maximum atomic E-state index is 13.6. The molecule has 1 atom stereocenters. The number of sulfonamides is 1. The monoisotopic (exact) mass is 478 g/mol. The van der Waals surface area contributed by atoms with Gasteiger partial charge in [-0.15, -0.1) is 0 Å². The number of hydrogen-bond acceptors (Lipinski definition) is 8. The van der Waals surface area contributed by atoms with Gasteiger partial charge in [0.05, 0.1) is 23.5 Å². The van der Waals surface area contributed by atoms with Crippen LogP contribution in [0.1, 0.15) is 46.9 Å². The number of rotatable bonds is 8. The third kappa shape index (κ3) is 5.43. The van der Waals surface area contributed by atoms with Gasteiger partial charge in [0.2, 0.25) is 10.0 Å². The number of benzene rings is 1. The fraction of sp³-hybridized carbons (Fsp3) is 0.333. The van der Waals surface area contributed by atoms with Crippen LogP contribution < -0.4 is 9.62 Å². The number of alkyl halides is 2. The fourth-order valence-electron chi connectivity index (χ4n) is 3.32. The minimum atomic E-state index is -4.02. The second-order valence-corrected chi connectivity index (χ2v) is 8.86. The normalized spacial score (nSPS) is 15.5. The Kier molecular flexibility index (Phi) is 7.23. The van der Waals surface area contributed by atoms with Crippen molar-refractivity contribution in [2.75, 3.05) is 18.1 Å². The van der Waals surface area contributed by atoms with Crippen LogP contribution in [0.2, 0.25) is 0 Å². The van der Waals surface area contributed by atoms with Crippen LogP contribution in [0.4, 0.5) is 14.6 Å². The zero-order valence-electron chi connectivity index (χ0n) is 17.5. The number of pyridine rings is 1. The lowest BCUT2D eigenvalue weighted by Crippen LogP contribution is -2.57. The number of halogens is 2. The summed E-state index contributed by atoms with van der Waals surface area (Å²) in [5.41, 5.74) is -1.16. The second-order valence-electron chi connectivity index (χ2n) is 7.13. The highest BCUT2D eigenvalue weighted by atomic mass is 32.2. The molecule has 1 amide bonds. The lowest BCUT2D eigenvalue weighted by atomic mass is 10.0. The Morgan fingerprint density at radius 3 is 2.58 bits per heavy atom. The van der Waals surface area contributed by atoms with Gasteiger partial charge < -0.3 is 9.64 Å². The molecular weight excluding hydrogens is 458 g/mol. The predicted octanol–water partition coefficient (Wildman–Crippen LogP) is 2.29. The minimum absolute atomic E-state index is 0.0586. The van der Waals surface area contributed by atoms with Crippen LogP contribution in [0.3, 0.4) is 0 Å². The lowest BCUT2D eigenvalue weighted by Gasteiger charge is -2.41. The van der Waals surface area contributed by atoms with Gasteiger partial charge in [-0.05, 0) is 25.0 Å². The van der Waals surface area contributed by atoms with Gasteiger partial charge >= 0.3 is 5.97 Å². The standard InChI is InChI=1S/C21H20F2N4O5S/c1-2-32-21(29)15-10-14(11-24)19(25-17(15)18(22)23)27-9-8-16(27)20(28)26-33(30,31)12-13-6-4-3-5-7-13/h3-7,10,16,18H,2,8-9,12H2,1H3,(H,26,28). The summed E-state index contributed by atoms with van der Waals surface area (Å²) in [6.45, 7) is 1.62. The summed E-state index contributed by atoms with van der Waals surface area (Å²) in [7, 11) is -4.02. The molecule has 0 aliphatic carbocycles. The SMILES string of the molecule is CCOC(=O)c1cc(C#N)c(N2CCC2C(=O)NS(=O)(=O)Cc2ccccc2)nc1C(F)F. The summed E-state index contributed by atoms with van der Waals surface area (Å²) in [5.74, 6) is -2.56. The zero-order valence-corrected chi connectivity index (χ0v) is 18.3. The molecule has 33 heavy (non-hydrogen) atoms. The molecule has 2 heterocycles. The molecule has 1 aliphatic heterocycles. The molecule has 0 saturated carbocycles. The average Bonchev–Trinajstić information content (AvgIpc) is 2.72. The van der Waals surface area contributed by atoms with Crippen LogP contribution in [0.5, 0.6) is 0 Å². The first-order chi connectivity index (χ1) is 15.7. The molecule has 2 aromatic rings. The summed E-state index contributed by atoms with van der Waals surface area (Å²) >= 11 is 0. The highest BCUT2D eigenvalue weighted by Crippen LogP contribution is 2.32. The van der Waals surface area contributed by atoms with Crippen molar-refractivity contribution in [1.82, 2.24) is 9.71 Å². The van der Waals surface area contributed by atoms with Gasteiger partial charge in [-0.25, -0.2) is 27.0 Å². The van der Waals surface area contributed by atoms with Crippen molar-refractivity contribution < 1.29 is 31.5 Å². The van der Waals surface area contributed by atoms with Gasteiger partial charge in [0.15, 0.2) is 0 Å².